The number of hydrogen-bond acceptors (Lipinski definition) is 5. The Kier molecular flexibility index (Phi) is 8.07. The molecule has 0 spiro atoms. The van der Waals surface area contributed by atoms with E-state index in [2.05, 4.69) is 26.0 Å². The van der Waals surface area contributed by atoms with Crippen molar-refractivity contribution < 1.29 is 14.3 Å². The van der Waals surface area contributed by atoms with Crippen molar-refractivity contribution in [2.24, 2.45) is 0 Å². The van der Waals surface area contributed by atoms with E-state index in [4.69, 9.17) is 16.3 Å². The number of hydrazine groups is 1. The standard InChI is InChI=1S/C26H28ClN5O3/c1-35-23-12-10-22(11-13-23)31-14-16-32(17-15-31)24(19-6-3-2-4-7-19)25(33)29-30-26(34)28-21-9-5-8-20(27)18-21/h2-13,18,24H,14-17H2,1H3,(H,29,33)(H2,28,30,34). The number of benzene rings is 3. The highest BCUT2D eigenvalue weighted by molar-refractivity contribution is 6.30. The van der Waals surface area contributed by atoms with E-state index >= 15 is 0 Å². The summed E-state index contributed by atoms with van der Waals surface area (Å²) >= 11 is 5.96. The van der Waals surface area contributed by atoms with Crippen molar-refractivity contribution in [2.75, 3.05) is 43.5 Å². The van der Waals surface area contributed by atoms with E-state index in [1.807, 2.05) is 54.6 Å². The van der Waals surface area contributed by atoms with Crippen LogP contribution in [-0.4, -0.2) is 50.1 Å². The van der Waals surface area contributed by atoms with E-state index in [0.717, 1.165) is 30.1 Å². The average Bonchev–Trinajstić information content (AvgIpc) is 2.89. The van der Waals surface area contributed by atoms with Gasteiger partial charge < -0.3 is 15.0 Å². The monoisotopic (exact) mass is 493 g/mol. The van der Waals surface area contributed by atoms with Gasteiger partial charge in [-0.25, -0.2) is 10.2 Å². The molecule has 0 radical (unpaired) electrons. The van der Waals surface area contributed by atoms with E-state index in [1.54, 1.807) is 31.4 Å². The van der Waals surface area contributed by atoms with Crippen molar-refractivity contribution in [1.29, 1.82) is 0 Å². The number of hydrogen-bond donors (Lipinski definition) is 3. The molecule has 0 bridgehead atoms. The van der Waals surface area contributed by atoms with Crippen LogP contribution in [0.3, 0.4) is 0 Å². The van der Waals surface area contributed by atoms with Crippen molar-refractivity contribution >= 4 is 34.9 Å². The Morgan fingerprint density at radius 1 is 0.886 bits per heavy atom. The zero-order valence-electron chi connectivity index (χ0n) is 19.4. The second-order valence-electron chi connectivity index (χ2n) is 8.11. The minimum atomic E-state index is -0.559. The fourth-order valence-corrected chi connectivity index (χ4v) is 4.30. The summed E-state index contributed by atoms with van der Waals surface area (Å²) in [4.78, 5) is 29.9. The number of urea groups is 1. The van der Waals surface area contributed by atoms with E-state index in [1.165, 1.54) is 0 Å². The van der Waals surface area contributed by atoms with Crippen molar-refractivity contribution in [3.05, 3.63) is 89.4 Å². The SMILES string of the molecule is COc1ccc(N2CCN(C(C(=O)NNC(=O)Nc3cccc(Cl)c3)c3ccccc3)CC2)cc1. The van der Waals surface area contributed by atoms with Gasteiger partial charge in [0.05, 0.1) is 7.11 Å². The summed E-state index contributed by atoms with van der Waals surface area (Å²) in [6, 6.07) is 23.2. The van der Waals surface area contributed by atoms with E-state index < -0.39 is 12.1 Å². The van der Waals surface area contributed by atoms with Gasteiger partial charge >= 0.3 is 6.03 Å². The van der Waals surface area contributed by atoms with Crippen molar-refractivity contribution in [3.63, 3.8) is 0 Å². The number of carbonyl (C=O) groups is 2. The molecule has 3 aromatic rings. The minimum Gasteiger partial charge on any atom is -0.497 e. The van der Waals surface area contributed by atoms with Gasteiger partial charge in [0.25, 0.3) is 5.91 Å². The topological polar surface area (TPSA) is 85.9 Å². The number of nitrogens with one attached hydrogen (secondary N) is 3. The van der Waals surface area contributed by atoms with E-state index in [-0.39, 0.29) is 5.91 Å². The van der Waals surface area contributed by atoms with Gasteiger partial charge in [-0.3, -0.25) is 15.1 Å². The summed E-state index contributed by atoms with van der Waals surface area (Å²) in [5.41, 5.74) is 7.51. The van der Waals surface area contributed by atoms with E-state index in [9.17, 15) is 9.59 Å². The summed E-state index contributed by atoms with van der Waals surface area (Å²) in [7, 11) is 1.65. The van der Waals surface area contributed by atoms with Crippen molar-refractivity contribution in [2.45, 2.75) is 6.04 Å². The average molecular weight is 494 g/mol. The zero-order valence-corrected chi connectivity index (χ0v) is 20.2. The van der Waals surface area contributed by atoms with Crippen LogP contribution in [0.25, 0.3) is 0 Å². The quantitative estimate of drug-likeness (QED) is 0.451. The molecule has 8 nitrogen and oxygen atoms in total. The highest BCUT2D eigenvalue weighted by atomic mass is 35.5. The molecule has 9 heteroatoms. The van der Waals surface area contributed by atoms with Crippen LogP contribution >= 0.6 is 11.6 Å². The second kappa shape index (κ2) is 11.6. The fourth-order valence-electron chi connectivity index (χ4n) is 4.11. The Balaban J connectivity index is 1.39. The number of nitrogens with zero attached hydrogens (tertiary/aromatic N) is 2. The minimum absolute atomic E-state index is 0.310. The van der Waals surface area contributed by atoms with Crippen LogP contribution in [-0.2, 0) is 4.79 Å². The third-order valence-electron chi connectivity index (χ3n) is 5.86. The molecule has 1 fully saturated rings. The van der Waals surface area contributed by atoms with Gasteiger partial charge in [-0.2, -0.15) is 0 Å². The van der Waals surface area contributed by atoms with Crippen LogP contribution in [0.5, 0.6) is 5.75 Å². The third kappa shape index (κ3) is 6.44. The summed E-state index contributed by atoms with van der Waals surface area (Å²) in [6.45, 7) is 2.92. The molecule has 3 N–H and O–H groups in total. The molecule has 1 unspecified atom stereocenters. The number of anilines is 2. The Morgan fingerprint density at radius 2 is 1.60 bits per heavy atom. The van der Waals surface area contributed by atoms with E-state index in [0.29, 0.717) is 23.8 Å². The molecular weight excluding hydrogens is 466 g/mol. The maximum absolute atomic E-state index is 13.2. The van der Waals surface area contributed by atoms with Crippen molar-refractivity contribution in [1.82, 2.24) is 15.8 Å². The number of piperazine rings is 1. The van der Waals surface area contributed by atoms with Gasteiger partial charge in [0, 0.05) is 42.6 Å². The molecular formula is C26H28ClN5O3. The summed E-state index contributed by atoms with van der Waals surface area (Å²) in [6.07, 6.45) is 0. The molecule has 182 valence electrons. The predicted molar refractivity (Wildman–Crippen MR) is 138 cm³/mol. The largest absolute Gasteiger partial charge is 0.497 e. The van der Waals surface area contributed by atoms with Gasteiger partial charge in [0.2, 0.25) is 0 Å². The molecule has 1 aliphatic rings. The number of carbonyl (C=O) groups excluding carboxylic acids is 2. The van der Waals surface area contributed by atoms with Crippen LogP contribution in [0.1, 0.15) is 11.6 Å². The first kappa shape index (κ1) is 24.4. The third-order valence-corrected chi connectivity index (χ3v) is 6.10. The first-order chi connectivity index (χ1) is 17.0. The van der Waals surface area contributed by atoms with Crippen LogP contribution < -0.4 is 25.8 Å². The lowest BCUT2D eigenvalue weighted by atomic mass is 10.0. The number of methoxy groups -OCH3 is 1. The summed E-state index contributed by atoms with van der Waals surface area (Å²) < 4.78 is 5.25. The number of amides is 3. The molecule has 1 atom stereocenters. The Labute approximate surface area is 209 Å². The van der Waals surface area contributed by atoms with Gasteiger partial charge in [-0.1, -0.05) is 48.0 Å². The number of halogens is 1. The van der Waals surface area contributed by atoms with Crippen LogP contribution in [0, 0.1) is 0 Å². The zero-order chi connectivity index (χ0) is 24.6. The van der Waals surface area contributed by atoms with Gasteiger partial charge in [-0.05, 0) is 48.0 Å². The maximum atomic E-state index is 13.2. The highest BCUT2D eigenvalue weighted by Crippen LogP contribution is 2.25. The van der Waals surface area contributed by atoms with Gasteiger partial charge in [-0.15, -0.1) is 0 Å². The van der Waals surface area contributed by atoms with Crippen LogP contribution in [0.15, 0.2) is 78.9 Å². The normalized spacial score (nSPS) is 14.6. The molecule has 1 aliphatic heterocycles. The lowest BCUT2D eigenvalue weighted by molar-refractivity contribution is -0.127. The molecule has 35 heavy (non-hydrogen) atoms. The van der Waals surface area contributed by atoms with Gasteiger partial charge in [0.15, 0.2) is 0 Å². The number of rotatable bonds is 6. The maximum Gasteiger partial charge on any atom is 0.337 e. The molecule has 0 aliphatic carbocycles. The Hall–Kier alpha value is -3.75. The summed E-state index contributed by atoms with van der Waals surface area (Å²) in [5.74, 6) is 0.510. The number of ether oxygens (including phenoxy) is 1. The summed E-state index contributed by atoms with van der Waals surface area (Å²) in [5, 5.41) is 3.15. The highest BCUT2D eigenvalue weighted by Gasteiger charge is 2.30. The molecule has 3 amide bonds. The van der Waals surface area contributed by atoms with Crippen LogP contribution in [0.4, 0.5) is 16.2 Å². The molecule has 1 heterocycles. The molecule has 1 saturated heterocycles. The molecule has 4 rings (SSSR count). The predicted octanol–water partition coefficient (Wildman–Crippen LogP) is 4.06. The first-order valence-corrected chi connectivity index (χ1v) is 11.7. The first-order valence-electron chi connectivity index (χ1n) is 11.3. The van der Waals surface area contributed by atoms with Gasteiger partial charge in [0.1, 0.15) is 11.8 Å². The van der Waals surface area contributed by atoms with Crippen LogP contribution in [0.2, 0.25) is 5.02 Å². The molecule has 0 saturated carbocycles. The lowest BCUT2D eigenvalue weighted by Gasteiger charge is -2.39. The van der Waals surface area contributed by atoms with Crippen molar-refractivity contribution in [3.8, 4) is 5.75 Å². The molecule has 0 aromatic heterocycles. The fraction of sp³-hybridized carbons (Fsp3) is 0.231. The lowest BCUT2D eigenvalue weighted by Crippen LogP contribution is -2.53. The smallest absolute Gasteiger partial charge is 0.337 e. The Morgan fingerprint density at radius 3 is 2.26 bits per heavy atom. The molecule has 3 aromatic carbocycles. The second-order valence-corrected chi connectivity index (χ2v) is 8.55. The Bertz CT molecular complexity index is 1140.